The Balaban J connectivity index is 2.64. The van der Waals surface area contributed by atoms with Crippen LogP contribution in [0.1, 0.15) is 91.9 Å². The number of halogens is 1. The first-order chi connectivity index (χ1) is 18.6. The number of nitrogens with two attached hydrogens (primary N) is 1. The number of carbonyl (C=O) groups is 4. The Morgan fingerprint density at radius 1 is 0.927 bits per heavy atom. The van der Waals surface area contributed by atoms with Crippen molar-refractivity contribution in [1.82, 2.24) is 16.0 Å². The lowest BCUT2D eigenvalue weighted by Gasteiger charge is -2.44. The summed E-state index contributed by atoms with van der Waals surface area (Å²) in [4.78, 5) is 48.5. The zero-order chi connectivity index (χ0) is 31.8. The SMILES string of the molecule is CC(C)(C)OC(=O)NCCCC[C@@H](NC(=O)[C@H](N)CNC(=O)c1ccc([Si](F)(C(C)(C)C)C(C)(C)C)cc1)C(=O)O. The fraction of sp³-hybridized carbons (Fsp3) is 0.655. The molecule has 0 heterocycles. The molecule has 12 heteroatoms. The average Bonchev–Trinajstić information content (AvgIpc) is 2.82. The number of aliphatic carboxylic acids is 1. The third kappa shape index (κ3) is 10.7. The van der Waals surface area contributed by atoms with Gasteiger partial charge in [-0.05, 0) is 67.4 Å². The number of hydrogen-bond acceptors (Lipinski definition) is 6. The Labute approximate surface area is 244 Å². The van der Waals surface area contributed by atoms with E-state index in [1.165, 1.54) is 0 Å². The van der Waals surface area contributed by atoms with Gasteiger partial charge in [-0.1, -0.05) is 53.7 Å². The summed E-state index contributed by atoms with van der Waals surface area (Å²) in [5.41, 5.74) is 5.58. The van der Waals surface area contributed by atoms with Gasteiger partial charge in [-0.25, -0.2) is 9.59 Å². The van der Waals surface area contributed by atoms with Gasteiger partial charge in [0.25, 0.3) is 14.3 Å². The van der Waals surface area contributed by atoms with Crippen LogP contribution in [-0.4, -0.2) is 68.2 Å². The van der Waals surface area contributed by atoms with E-state index in [0.29, 0.717) is 30.1 Å². The minimum Gasteiger partial charge on any atom is -0.480 e. The van der Waals surface area contributed by atoms with Gasteiger partial charge in [-0.3, -0.25) is 9.59 Å². The topological polar surface area (TPSA) is 160 Å². The molecule has 0 fully saturated rings. The van der Waals surface area contributed by atoms with Gasteiger partial charge in [0, 0.05) is 18.7 Å². The summed E-state index contributed by atoms with van der Waals surface area (Å²) in [6.07, 6.45) is 0.474. The minimum atomic E-state index is -3.47. The number of rotatable bonds is 12. The van der Waals surface area contributed by atoms with Crippen LogP contribution in [0.3, 0.4) is 0 Å². The molecule has 41 heavy (non-hydrogen) atoms. The second kappa shape index (κ2) is 14.3. The largest absolute Gasteiger partial charge is 0.480 e. The van der Waals surface area contributed by atoms with Crippen LogP contribution in [0.25, 0.3) is 0 Å². The summed E-state index contributed by atoms with van der Waals surface area (Å²) in [6, 6.07) is 4.09. The number of unbranched alkanes of at least 4 members (excludes halogenated alkanes) is 1. The van der Waals surface area contributed by atoms with Gasteiger partial charge in [-0.15, -0.1) is 0 Å². The highest BCUT2D eigenvalue weighted by Gasteiger charge is 2.56. The second-order valence-corrected chi connectivity index (χ2v) is 18.3. The van der Waals surface area contributed by atoms with Crippen molar-refractivity contribution in [2.24, 2.45) is 5.73 Å². The van der Waals surface area contributed by atoms with Crippen LogP contribution >= 0.6 is 0 Å². The first-order valence-electron chi connectivity index (χ1n) is 13.9. The van der Waals surface area contributed by atoms with Gasteiger partial charge in [0.15, 0.2) is 0 Å². The van der Waals surface area contributed by atoms with E-state index in [2.05, 4.69) is 16.0 Å². The van der Waals surface area contributed by atoms with Gasteiger partial charge in [0.2, 0.25) is 5.91 Å². The normalized spacial score (nSPS) is 14.0. The summed E-state index contributed by atoms with van der Waals surface area (Å²) < 4.78 is 21.6. The van der Waals surface area contributed by atoms with Crippen molar-refractivity contribution in [2.45, 2.75) is 109 Å². The molecule has 10 nitrogen and oxygen atoms in total. The van der Waals surface area contributed by atoms with Gasteiger partial charge in [0.05, 0.1) is 0 Å². The Kier molecular flexibility index (Phi) is 12.5. The Morgan fingerprint density at radius 2 is 1.46 bits per heavy atom. The molecule has 0 bridgehead atoms. The molecule has 2 atom stereocenters. The molecule has 0 saturated carbocycles. The Hall–Kier alpha value is -2.99. The van der Waals surface area contributed by atoms with Crippen LogP contribution < -0.4 is 26.9 Å². The average molecular weight is 597 g/mol. The number of carbonyl (C=O) groups excluding carboxylic acids is 3. The molecule has 0 unspecified atom stereocenters. The van der Waals surface area contributed by atoms with Gasteiger partial charge in [-0.2, -0.15) is 0 Å². The number of benzene rings is 1. The van der Waals surface area contributed by atoms with E-state index in [0.717, 1.165) is 0 Å². The molecule has 232 valence electrons. The van der Waals surface area contributed by atoms with E-state index in [1.54, 1.807) is 45.0 Å². The molecule has 0 radical (unpaired) electrons. The maximum atomic E-state index is 16.5. The molecule has 1 aromatic carbocycles. The number of carboxylic acid groups (broad SMARTS) is 1. The maximum Gasteiger partial charge on any atom is 0.407 e. The van der Waals surface area contributed by atoms with E-state index >= 15 is 4.11 Å². The summed E-state index contributed by atoms with van der Waals surface area (Å²) >= 11 is 0. The van der Waals surface area contributed by atoms with Gasteiger partial charge < -0.3 is 35.6 Å². The van der Waals surface area contributed by atoms with Crippen LogP contribution in [0, 0.1) is 0 Å². The van der Waals surface area contributed by atoms with Gasteiger partial charge in [0.1, 0.15) is 17.7 Å². The number of ether oxygens (including phenoxy) is 1. The standard InChI is InChI=1S/C29H49FN4O6Si/c1-27(2,3)40-26(39)32-17-11-10-12-22(25(37)38)34-24(36)21(31)18-33-23(35)19-13-15-20(16-14-19)41(30,28(4,5)6)29(7,8)9/h13-16,21-22H,10-12,17-18,31H2,1-9H3,(H,32,39)(H,33,35)(H,34,36)(H,37,38)/t21-,22-/m1/s1. The zero-order valence-corrected chi connectivity index (χ0v) is 26.9. The minimum absolute atomic E-state index is 0.130. The lowest BCUT2D eigenvalue weighted by atomic mass is 10.1. The number of hydrogen-bond donors (Lipinski definition) is 5. The first kappa shape index (κ1) is 36.0. The predicted molar refractivity (Wildman–Crippen MR) is 160 cm³/mol. The molecule has 1 aromatic rings. The van der Waals surface area contributed by atoms with Crippen molar-refractivity contribution in [1.29, 1.82) is 0 Å². The molecule has 3 amide bonds. The van der Waals surface area contributed by atoms with Crippen LogP contribution in [0.2, 0.25) is 10.1 Å². The predicted octanol–water partition coefficient (Wildman–Crippen LogP) is 3.73. The van der Waals surface area contributed by atoms with Crippen LogP contribution in [0.4, 0.5) is 8.90 Å². The molecule has 6 N–H and O–H groups in total. The fourth-order valence-electron chi connectivity index (χ4n) is 4.75. The molecule has 0 aliphatic rings. The molecule has 1 rings (SSSR count). The van der Waals surface area contributed by atoms with E-state index in [4.69, 9.17) is 10.5 Å². The summed E-state index contributed by atoms with van der Waals surface area (Å²) in [7, 11) is -3.47. The van der Waals surface area contributed by atoms with E-state index < -0.39 is 60.0 Å². The van der Waals surface area contributed by atoms with Crippen molar-refractivity contribution >= 4 is 37.5 Å². The molecule has 0 spiro atoms. The lowest BCUT2D eigenvalue weighted by Crippen LogP contribution is -2.57. The first-order valence-corrected chi connectivity index (χ1v) is 15.8. The Morgan fingerprint density at radius 3 is 1.93 bits per heavy atom. The quantitative estimate of drug-likeness (QED) is 0.140. The third-order valence-electron chi connectivity index (χ3n) is 6.63. The van der Waals surface area contributed by atoms with E-state index in [9.17, 15) is 24.3 Å². The third-order valence-corrected chi connectivity index (χ3v) is 11.9. The van der Waals surface area contributed by atoms with E-state index in [1.807, 2.05) is 41.5 Å². The highest BCUT2D eigenvalue weighted by Crippen LogP contribution is 2.51. The molecule has 0 aromatic heterocycles. The summed E-state index contributed by atoms with van der Waals surface area (Å²) in [6.45, 7) is 16.7. The molecular formula is C29H49FN4O6Si. The van der Waals surface area contributed by atoms with Crippen molar-refractivity contribution in [3.63, 3.8) is 0 Å². The summed E-state index contributed by atoms with van der Waals surface area (Å²) in [5.74, 6) is -2.42. The van der Waals surface area contributed by atoms with Crippen molar-refractivity contribution in [3.8, 4) is 0 Å². The second-order valence-electron chi connectivity index (χ2n) is 13.4. The number of nitrogens with one attached hydrogen (secondary N) is 3. The van der Waals surface area contributed by atoms with Crippen LogP contribution in [0.15, 0.2) is 24.3 Å². The van der Waals surface area contributed by atoms with Gasteiger partial charge >= 0.3 is 12.1 Å². The van der Waals surface area contributed by atoms with Crippen LogP contribution in [-0.2, 0) is 14.3 Å². The number of alkyl carbamates (subject to hydrolysis) is 1. The lowest BCUT2D eigenvalue weighted by molar-refractivity contribution is -0.142. The molecular weight excluding hydrogens is 547 g/mol. The molecule has 0 saturated heterocycles. The van der Waals surface area contributed by atoms with Crippen molar-refractivity contribution in [3.05, 3.63) is 29.8 Å². The highest BCUT2D eigenvalue weighted by molar-refractivity contribution is 6.90. The number of amides is 3. The molecule has 0 aliphatic heterocycles. The Bertz CT molecular complexity index is 1050. The number of carboxylic acids is 1. The van der Waals surface area contributed by atoms with Crippen LogP contribution in [0.5, 0.6) is 0 Å². The maximum absolute atomic E-state index is 16.5. The van der Waals surface area contributed by atoms with Crippen molar-refractivity contribution < 1.29 is 33.1 Å². The zero-order valence-electron chi connectivity index (χ0n) is 25.9. The molecule has 0 aliphatic carbocycles. The van der Waals surface area contributed by atoms with Crippen molar-refractivity contribution in [2.75, 3.05) is 13.1 Å². The fourth-order valence-corrected chi connectivity index (χ4v) is 9.36. The summed E-state index contributed by atoms with van der Waals surface area (Å²) in [5, 5.41) is 16.5. The van der Waals surface area contributed by atoms with E-state index in [-0.39, 0.29) is 13.0 Å². The highest BCUT2D eigenvalue weighted by atomic mass is 28.4. The monoisotopic (exact) mass is 596 g/mol. The smallest absolute Gasteiger partial charge is 0.407 e.